The number of halogens is 1. The molecule has 0 unspecified atom stereocenters. The molecule has 1 aromatic rings. The van der Waals surface area contributed by atoms with Crippen LogP contribution in [0.25, 0.3) is 0 Å². The van der Waals surface area contributed by atoms with Crippen molar-refractivity contribution in [3.63, 3.8) is 0 Å². The second kappa shape index (κ2) is 5.64. The SMILES string of the molecule is Cc1nc(NCC[C@@H]2CCCN2)ccc1Br. The van der Waals surface area contributed by atoms with Gasteiger partial charge >= 0.3 is 0 Å². The third kappa shape index (κ3) is 3.19. The number of aryl methyl sites for hydroxylation is 1. The van der Waals surface area contributed by atoms with E-state index in [4.69, 9.17) is 0 Å². The number of hydrogen-bond donors (Lipinski definition) is 2. The summed E-state index contributed by atoms with van der Waals surface area (Å²) in [6.07, 6.45) is 3.81. The third-order valence-corrected chi connectivity index (χ3v) is 3.82. The molecule has 3 nitrogen and oxygen atoms in total. The summed E-state index contributed by atoms with van der Waals surface area (Å²) in [5.74, 6) is 0.971. The smallest absolute Gasteiger partial charge is 0.126 e. The van der Waals surface area contributed by atoms with E-state index in [2.05, 4.69) is 31.5 Å². The van der Waals surface area contributed by atoms with Crippen molar-refractivity contribution in [3.05, 3.63) is 22.3 Å². The Morgan fingerprint density at radius 1 is 1.56 bits per heavy atom. The molecule has 1 aliphatic rings. The highest BCUT2D eigenvalue weighted by Crippen LogP contribution is 2.16. The van der Waals surface area contributed by atoms with Crippen molar-refractivity contribution in [2.45, 2.75) is 32.2 Å². The van der Waals surface area contributed by atoms with Crippen molar-refractivity contribution in [3.8, 4) is 0 Å². The fraction of sp³-hybridized carbons (Fsp3) is 0.583. The van der Waals surface area contributed by atoms with Gasteiger partial charge in [0.1, 0.15) is 5.82 Å². The second-order valence-electron chi connectivity index (χ2n) is 4.27. The van der Waals surface area contributed by atoms with E-state index in [0.717, 1.165) is 22.5 Å². The van der Waals surface area contributed by atoms with Crippen LogP contribution >= 0.6 is 15.9 Å². The summed E-state index contributed by atoms with van der Waals surface area (Å²) in [5, 5.41) is 6.86. The Balaban J connectivity index is 1.78. The van der Waals surface area contributed by atoms with Crippen LogP contribution in [-0.4, -0.2) is 24.1 Å². The minimum Gasteiger partial charge on any atom is -0.370 e. The zero-order valence-corrected chi connectivity index (χ0v) is 11.2. The van der Waals surface area contributed by atoms with Crippen LogP contribution in [0.3, 0.4) is 0 Å². The van der Waals surface area contributed by atoms with Crippen LogP contribution in [0.1, 0.15) is 25.0 Å². The standard InChI is InChI=1S/C12H18BrN3/c1-9-11(13)4-5-12(16-9)15-8-6-10-3-2-7-14-10/h4-5,10,14H,2-3,6-8H2,1H3,(H,15,16)/t10-/m0/s1. The molecule has 0 amide bonds. The summed E-state index contributed by atoms with van der Waals surface area (Å²) in [5.41, 5.74) is 1.03. The molecule has 1 fully saturated rings. The van der Waals surface area contributed by atoms with Gasteiger partial charge in [-0.15, -0.1) is 0 Å². The first-order valence-electron chi connectivity index (χ1n) is 5.86. The Hall–Kier alpha value is -0.610. The number of hydrogen-bond acceptors (Lipinski definition) is 3. The van der Waals surface area contributed by atoms with Crippen LogP contribution in [0.2, 0.25) is 0 Å². The Bertz CT molecular complexity index is 348. The van der Waals surface area contributed by atoms with Gasteiger partial charge < -0.3 is 10.6 Å². The molecule has 0 saturated carbocycles. The lowest BCUT2D eigenvalue weighted by atomic mass is 10.1. The minimum absolute atomic E-state index is 0.698. The molecule has 2 N–H and O–H groups in total. The molecule has 2 rings (SSSR count). The maximum atomic E-state index is 4.46. The highest BCUT2D eigenvalue weighted by Gasteiger charge is 2.12. The van der Waals surface area contributed by atoms with Gasteiger partial charge in [-0.2, -0.15) is 0 Å². The molecule has 0 aliphatic carbocycles. The molecule has 2 heterocycles. The van der Waals surface area contributed by atoms with E-state index in [1.807, 2.05) is 19.1 Å². The zero-order chi connectivity index (χ0) is 11.4. The van der Waals surface area contributed by atoms with E-state index >= 15 is 0 Å². The van der Waals surface area contributed by atoms with E-state index in [9.17, 15) is 0 Å². The molecule has 16 heavy (non-hydrogen) atoms. The number of nitrogens with zero attached hydrogens (tertiary/aromatic N) is 1. The van der Waals surface area contributed by atoms with Crippen molar-refractivity contribution in [2.24, 2.45) is 0 Å². The van der Waals surface area contributed by atoms with Gasteiger partial charge in [0.15, 0.2) is 0 Å². The zero-order valence-electron chi connectivity index (χ0n) is 9.59. The van der Waals surface area contributed by atoms with Crippen LogP contribution in [0.15, 0.2) is 16.6 Å². The molecule has 88 valence electrons. The monoisotopic (exact) mass is 283 g/mol. The normalized spacial score (nSPS) is 20.0. The summed E-state index contributed by atoms with van der Waals surface area (Å²) < 4.78 is 1.07. The Kier molecular flexibility index (Phi) is 4.18. The van der Waals surface area contributed by atoms with Crippen molar-refractivity contribution in [1.29, 1.82) is 0 Å². The van der Waals surface area contributed by atoms with E-state index < -0.39 is 0 Å². The lowest BCUT2D eigenvalue weighted by Crippen LogP contribution is -2.24. The largest absolute Gasteiger partial charge is 0.370 e. The first kappa shape index (κ1) is 11.9. The van der Waals surface area contributed by atoms with Gasteiger partial charge in [0.25, 0.3) is 0 Å². The summed E-state index contributed by atoms with van der Waals surface area (Å²) in [6, 6.07) is 4.75. The molecule has 1 saturated heterocycles. The third-order valence-electron chi connectivity index (χ3n) is 2.98. The number of anilines is 1. The lowest BCUT2D eigenvalue weighted by molar-refractivity contribution is 0.574. The molecule has 0 radical (unpaired) electrons. The highest BCUT2D eigenvalue weighted by atomic mass is 79.9. The molecular weight excluding hydrogens is 266 g/mol. The van der Waals surface area contributed by atoms with E-state index in [0.29, 0.717) is 6.04 Å². The molecular formula is C12H18BrN3. The molecule has 1 atom stereocenters. The van der Waals surface area contributed by atoms with Crippen molar-refractivity contribution in [2.75, 3.05) is 18.4 Å². The van der Waals surface area contributed by atoms with Gasteiger partial charge in [-0.05, 0) is 60.8 Å². The Morgan fingerprint density at radius 2 is 2.44 bits per heavy atom. The first-order chi connectivity index (χ1) is 7.75. The average Bonchev–Trinajstić information content (AvgIpc) is 2.76. The van der Waals surface area contributed by atoms with Crippen LogP contribution in [0.5, 0.6) is 0 Å². The fourth-order valence-corrected chi connectivity index (χ4v) is 2.24. The molecule has 0 spiro atoms. The van der Waals surface area contributed by atoms with Crippen LogP contribution < -0.4 is 10.6 Å². The summed E-state index contributed by atoms with van der Waals surface area (Å²) in [7, 11) is 0. The second-order valence-corrected chi connectivity index (χ2v) is 5.13. The number of aromatic nitrogens is 1. The van der Waals surface area contributed by atoms with Gasteiger partial charge in [0.05, 0.1) is 5.69 Å². The molecule has 1 aromatic heterocycles. The van der Waals surface area contributed by atoms with Crippen LogP contribution in [0.4, 0.5) is 5.82 Å². The van der Waals surface area contributed by atoms with Crippen LogP contribution in [-0.2, 0) is 0 Å². The van der Waals surface area contributed by atoms with Crippen LogP contribution in [0, 0.1) is 6.92 Å². The summed E-state index contributed by atoms with van der Waals surface area (Å²) in [4.78, 5) is 4.46. The first-order valence-corrected chi connectivity index (χ1v) is 6.65. The van der Waals surface area contributed by atoms with Crippen molar-refractivity contribution < 1.29 is 0 Å². The van der Waals surface area contributed by atoms with Crippen molar-refractivity contribution in [1.82, 2.24) is 10.3 Å². The lowest BCUT2D eigenvalue weighted by Gasteiger charge is -2.11. The predicted molar refractivity (Wildman–Crippen MR) is 70.8 cm³/mol. The van der Waals surface area contributed by atoms with Gasteiger partial charge in [-0.25, -0.2) is 4.98 Å². The fourth-order valence-electron chi connectivity index (χ4n) is 2.02. The molecule has 4 heteroatoms. The summed E-state index contributed by atoms with van der Waals surface area (Å²) >= 11 is 3.45. The predicted octanol–water partition coefficient (Wildman–Crippen LogP) is 2.71. The summed E-state index contributed by atoms with van der Waals surface area (Å²) in [6.45, 7) is 4.18. The molecule has 0 aromatic carbocycles. The number of pyridine rings is 1. The number of nitrogens with one attached hydrogen (secondary N) is 2. The Morgan fingerprint density at radius 3 is 3.12 bits per heavy atom. The van der Waals surface area contributed by atoms with Gasteiger partial charge in [0, 0.05) is 17.1 Å². The maximum Gasteiger partial charge on any atom is 0.126 e. The quantitative estimate of drug-likeness (QED) is 0.892. The number of rotatable bonds is 4. The Labute approximate surface area is 105 Å². The van der Waals surface area contributed by atoms with E-state index in [-0.39, 0.29) is 0 Å². The molecule has 0 bridgehead atoms. The van der Waals surface area contributed by atoms with Gasteiger partial charge in [0.2, 0.25) is 0 Å². The maximum absolute atomic E-state index is 4.46. The minimum atomic E-state index is 0.698. The van der Waals surface area contributed by atoms with Gasteiger partial charge in [-0.1, -0.05) is 0 Å². The topological polar surface area (TPSA) is 37.0 Å². The average molecular weight is 284 g/mol. The van der Waals surface area contributed by atoms with E-state index in [1.165, 1.54) is 25.8 Å². The highest BCUT2D eigenvalue weighted by molar-refractivity contribution is 9.10. The van der Waals surface area contributed by atoms with Crippen molar-refractivity contribution >= 4 is 21.7 Å². The van der Waals surface area contributed by atoms with E-state index in [1.54, 1.807) is 0 Å². The van der Waals surface area contributed by atoms with Gasteiger partial charge in [-0.3, -0.25) is 0 Å². The molecule has 1 aliphatic heterocycles.